The van der Waals surface area contributed by atoms with Crippen LogP contribution in [0, 0.1) is 0 Å². The van der Waals surface area contributed by atoms with Crippen molar-refractivity contribution in [2.24, 2.45) is 5.14 Å². The van der Waals surface area contributed by atoms with Crippen LogP contribution in [0.2, 0.25) is 0 Å². The van der Waals surface area contributed by atoms with Crippen molar-refractivity contribution >= 4 is 31.5 Å². The molecule has 2 heterocycles. The van der Waals surface area contributed by atoms with Crippen molar-refractivity contribution in [3.05, 3.63) is 23.8 Å². The number of hydrogen-bond acceptors (Lipinski definition) is 6. The summed E-state index contributed by atoms with van der Waals surface area (Å²) in [6.07, 6.45) is 1.02. The van der Waals surface area contributed by atoms with Crippen LogP contribution in [0.5, 0.6) is 0 Å². The quantitative estimate of drug-likeness (QED) is 0.718. The van der Waals surface area contributed by atoms with Gasteiger partial charge in [0, 0.05) is 11.7 Å². The van der Waals surface area contributed by atoms with Gasteiger partial charge in [0.15, 0.2) is 9.84 Å². The highest BCUT2D eigenvalue weighted by molar-refractivity contribution is 7.91. The smallest absolute Gasteiger partial charge is 0.239 e. The maximum Gasteiger partial charge on any atom is 0.239 e. The van der Waals surface area contributed by atoms with Crippen LogP contribution in [0.25, 0.3) is 0 Å². The van der Waals surface area contributed by atoms with Gasteiger partial charge in [-0.2, -0.15) is 0 Å². The highest BCUT2D eigenvalue weighted by Crippen LogP contribution is 2.33. The molecule has 3 N–H and O–H groups in total. The monoisotopic (exact) mass is 401 g/mol. The topological polar surface area (TPSA) is 127 Å². The van der Waals surface area contributed by atoms with Gasteiger partial charge in [-0.25, -0.2) is 22.0 Å². The van der Waals surface area contributed by atoms with Crippen LogP contribution in [-0.2, 0) is 31.1 Å². The lowest BCUT2D eigenvalue weighted by atomic mass is 10.0. The molecule has 3 rings (SSSR count). The zero-order valence-corrected chi connectivity index (χ0v) is 16.4. The Morgan fingerprint density at radius 2 is 2.12 bits per heavy atom. The lowest BCUT2D eigenvalue weighted by Crippen LogP contribution is -2.51. The number of benzene rings is 1. The minimum absolute atomic E-state index is 0.0200. The van der Waals surface area contributed by atoms with Crippen molar-refractivity contribution in [3.8, 4) is 0 Å². The average Bonchev–Trinajstić information content (AvgIpc) is 2.93. The van der Waals surface area contributed by atoms with Crippen LogP contribution in [0.15, 0.2) is 23.1 Å². The van der Waals surface area contributed by atoms with E-state index in [0.717, 1.165) is 11.3 Å². The SMILES string of the molecule is C[C@H]1Cc2cc(S(N)(=O)=O)ccc2N1CC(=O)N[C@]1(C)CCS(=O)(=O)C1. The highest BCUT2D eigenvalue weighted by Gasteiger charge is 2.40. The maximum absolute atomic E-state index is 12.5. The van der Waals surface area contributed by atoms with E-state index >= 15 is 0 Å². The molecular weight excluding hydrogens is 378 g/mol. The third kappa shape index (κ3) is 3.86. The summed E-state index contributed by atoms with van der Waals surface area (Å²) < 4.78 is 46.4. The van der Waals surface area contributed by atoms with E-state index in [1.165, 1.54) is 6.07 Å². The van der Waals surface area contributed by atoms with Crippen molar-refractivity contribution in [1.82, 2.24) is 5.32 Å². The van der Waals surface area contributed by atoms with Crippen LogP contribution in [0.4, 0.5) is 5.69 Å². The van der Waals surface area contributed by atoms with Crippen LogP contribution in [-0.4, -0.2) is 52.4 Å². The predicted octanol–water partition coefficient (Wildman–Crippen LogP) is -0.222. The zero-order chi connectivity index (χ0) is 19.3. The van der Waals surface area contributed by atoms with Gasteiger partial charge in [0.25, 0.3) is 0 Å². The molecule has 0 bridgehead atoms. The van der Waals surface area contributed by atoms with E-state index in [9.17, 15) is 21.6 Å². The Bertz CT molecular complexity index is 958. The van der Waals surface area contributed by atoms with Crippen molar-refractivity contribution in [2.45, 2.75) is 43.2 Å². The molecule has 0 radical (unpaired) electrons. The maximum atomic E-state index is 12.5. The number of sulfonamides is 1. The molecule has 0 saturated carbocycles. The molecule has 2 aliphatic heterocycles. The van der Waals surface area contributed by atoms with Crippen LogP contribution >= 0.6 is 0 Å². The van der Waals surface area contributed by atoms with E-state index < -0.39 is 25.4 Å². The first-order valence-corrected chi connectivity index (χ1v) is 11.7. The summed E-state index contributed by atoms with van der Waals surface area (Å²) in [4.78, 5) is 14.4. The number of nitrogens with one attached hydrogen (secondary N) is 1. The Labute approximate surface area is 153 Å². The second-order valence-electron chi connectivity index (χ2n) is 7.47. The Balaban J connectivity index is 1.74. The Hall–Kier alpha value is -1.65. The summed E-state index contributed by atoms with van der Waals surface area (Å²) in [7, 11) is -6.87. The second-order valence-corrected chi connectivity index (χ2v) is 11.2. The summed E-state index contributed by atoms with van der Waals surface area (Å²) in [6.45, 7) is 3.78. The molecule has 1 fully saturated rings. The first-order valence-electron chi connectivity index (χ1n) is 8.32. The predicted molar refractivity (Wildman–Crippen MR) is 98.1 cm³/mol. The number of primary sulfonamides is 1. The summed E-state index contributed by atoms with van der Waals surface area (Å²) in [5, 5.41) is 8.02. The molecule has 26 heavy (non-hydrogen) atoms. The summed E-state index contributed by atoms with van der Waals surface area (Å²) in [5.41, 5.74) is 0.884. The van der Waals surface area contributed by atoms with Crippen molar-refractivity contribution in [3.63, 3.8) is 0 Å². The lowest BCUT2D eigenvalue weighted by molar-refractivity contribution is -0.121. The van der Waals surface area contributed by atoms with Gasteiger partial charge in [-0.1, -0.05) is 0 Å². The Morgan fingerprint density at radius 3 is 2.69 bits per heavy atom. The zero-order valence-electron chi connectivity index (χ0n) is 14.7. The molecule has 2 atom stereocenters. The number of hydrogen-bond donors (Lipinski definition) is 2. The van der Waals surface area contributed by atoms with Crippen molar-refractivity contribution in [1.29, 1.82) is 0 Å². The fourth-order valence-electron chi connectivity index (χ4n) is 3.73. The number of carbonyl (C=O) groups excluding carboxylic acids is 1. The van der Waals surface area contributed by atoms with E-state index in [1.54, 1.807) is 19.1 Å². The van der Waals surface area contributed by atoms with Gasteiger partial charge >= 0.3 is 0 Å². The molecule has 1 amide bonds. The van der Waals surface area contributed by atoms with E-state index in [0.29, 0.717) is 12.8 Å². The third-order valence-electron chi connectivity index (χ3n) is 4.99. The number of rotatable bonds is 4. The molecule has 1 saturated heterocycles. The molecule has 0 unspecified atom stereocenters. The van der Waals surface area contributed by atoms with Crippen LogP contribution < -0.4 is 15.4 Å². The molecule has 0 aromatic heterocycles. The van der Waals surface area contributed by atoms with Gasteiger partial charge in [0.1, 0.15) is 0 Å². The number of fused-ring (bicyclic) bond motifs is 1. The van der Waals surface area contributed by atoms with Gasteiger partial charge < -0.3 is 10.2 Å². The summed E-state index contributed by atoms with van der Waals surface area (Å²) in [5.74, 6) is -0.210. The molecular formula is C16H23N3O5S2. The van der Waals surface area contributed by atoms with Crippen LogP contribution in [0.1, 0.15) is 25.8 Å². The fourth-order valence-corrected chi connectivity index (χ4v) is 6.39. The highest BCUT2D eigenvalue weighted by atomic mass is 32.2. The van der Waals surface area contributed by atoms with Gasteiger partial charge in [0.2, 0.25) is 15.9 Å². The van der Waals surface area contributed by atoms with Gasteiger partial charge in [0.05, 0.1) is 28.5 Å². The molecule has 2 aliphatic rings. The normalized spacial score (nSPS) is 27.3. The number of amides is 1. The molecule has 0 aliphatic carbocycles. The van der Waals surface area contributed by atoms with Crippen molar-refractivity contribution < 1.29 is 21.6 Å². The molecule has 8 nitrogen and oxygen atoms in total. The Morgan fingerprint density at radius 1 is 1.42 bits per heavy atom. The third-order valence-corrected chi connectivity index (χ3v) is 7.81. The van der Waals surface area contributed by atoms with Crippen LogP contribution in [0.3, 0.4) is 0 Å². The molecule has 1 aromatic carbocycles. The summed E-state index contributed by atoms with van der Waals surface area (Å²) >= 11 is 0. The first-order chi connectivity index (χ1) is 11.9. The average molecular weight is 402 g/mol. The lowest BCUT2D eigenvalue weighted by Gasteiger charge is -2.28. The number of sulfone groups is 1. The van der Waals surface area contributed by atoms with Gasteiger partial charge in [-0.15, -0.1) is 0 Å². The van der Waals surface area contributed by atoms with Crippen molar-refractivity contribution in [2.75, 3.05) is 23.0 Å². The van der Waals surface area contributed by atoms with Gasteiger partial charge in [-0.3, -0.25) is 4.79 Å². The van der Waals surface area contributed by atoms with Gasteiger partial charge in [-0.05, 0) is 50.5 Å². The van der Waals surface area contributed by atoms with E-state index in [2.05, 4.69) is 5.32 Å². The van der Waals surface area contributed by atoms with E-state index in [-0.39, 0.29) is 34.9 Å². The number of anilines is 1. The Kier molecular flexibility index (Phi) is 4.56. The standard InChI is InChI=1S/C16H23N3O5S2/c1-11-7-12-8-13(26(17,23)24)3-4-14(12)19(11)9-15(20)18-16(2)5-6-25(21,22)10-16/h3-4,8,11H,5-7,9-10H2,1-2H3,(H,18,20)(H2,17,23,24)/t11-,16+/m0/s1. The largest absolute Gasteiger partial charge is 0.359 e. The summed E-state index contributed by atoms with van der Waals surface area (Å²) in [6, 6.07) is 4.66. The molecule has 10 heteroatoms. The fraction of sp³-hybridized carbons (Fsp3) is 0.562. The molecule has 0 spiro atoms. The minimum Gasteiger partial charge on any atom is -0.359 e. The number of carbonyl (C=O) groups is 1. The second kappa shape index (κ2) is 6.21. The van der Waals surface area contributed by atoms with E-state index in [1.807, 2.05) is 11.8 Å². The number of nitrogens with two attached hydrogens (primary N) is 1. The molecule has 144 valence electrons. The van der Waals surface area contributed by atoms with E-state index in [4.69, 9.17) is 5.14 Å². The molecule has 1 aromatic rings. The first kappa shape index (κ1) is 19.1. The minimum atomic E-state index is -3.77. The number of nitrogens with zero attached hydrogens (tertiary/aromatic N) is 1.